The van der Waals surface area contributed by atoms with Gasteiger partial charge >= 0.3 is 6.18 Å². The van der Waals surface area contributed by atoms with E-state index in [9.17, 15) is 22.8 Å². The Balaban J connectivity index is 2.34. The number of halogens is 3. The molecule has 1 saturated heterocycles. The lowest BCUT2D eigenvalue weighted by atomic mass is 9.91. The number of nitrogens with zero attached hydrogens (tertiary/aromatic N) is 2. The molecule has 0 aromatic heterocycles. The maximum atomic E-state index is 12.3. The first-order chi connectivity index (χ1) is 11.4. The molecule has 5 nitrogen and oxygen atoms in total. The second kappa shape index (κ2) is 8.87. The van der Waals surface area contributed by atoms with Gasteiger partial charge in [-0.2, -0.15) is 13.2 Å². The molecule has 2 amide bonds. The van der Waals surface area contributed by atoms with Gasteiger partial charge in [0.25, 0.3) is 0 Å². The van der Waals surface area contributed by atoms with Gasteiger partial charge in [-0.25, -0.2) is 0 Å². The third kappa shape index (κ3) is 8.07. The van der Waals surface area contributed by atoms with Gasteiger partial charge in [0.15, 0.2) is 0 Å². The van der Waals surface area contributed by atoms with E-state index in [-0.39, 0.29) is 24.3 Å². The number of likely N-dealkylation sites (tertiary alicyclic amines) is 1. The van der Waals surface area contributed by atoms with E-state index in [1.54, 1.807) is 4.90 Å². The van der Waals surface area contributed by atoms with Gasteiger partial charge in [-0.1, -0.05) is 20.8 Å². The number of rotatable bonds is 6. The van der Waals surface area contributed by atoms with Crippen molar-refractivity contribution in [2.24, 2.45) is 11.3 Å². The Kier molecular flexibility index (Phi) is 7.71. The fraction of sp³-hybridized carbons (Fsp3) is 0.882. The van der Waals surface area contributed by atoms with Crippen LogP contribution in [0.5, 0.6) is 0 Å². The fourth-order valence-corrected chi connectivity index (χ4v) is 2.94. The van der Waals surface area contributed by atoms with Gasteiger partial charge in [0.2, 0.25) is 11.8 Å². The minimum Gasteiger partial charge on any atom is -0.356 e. The predicted octanol–water partition coefficient (Wildman–Crippen LogP) is 2.27. The van der Waals surface area contributed by atoms with Crippen LogP contribution in [0.4, 0.5) is 13.2 Å². The minimum absolute atomic E-state index is 0.0405. The summed E-state index contributed by atoms with van der Waals surface area (Å²) >= 11 is 0. The van der Waals surface area contributed by atoms with E-state index in [0.29, 0.717) is 26.1 Å². The van der Waals surface area contributed by atoms with E-state index in [2.05, 4.69) is 5.32 Å². The highest BCUT2D eigenvalue weighted by Gasteiger charge is 2.33. The van der Waals surface area contributed by atoms with Crippen LogP contribution in [0.15, 0.2) is 0 Å². The van der Waals surface area contributed by atoms with Gasteiger partial charge in [0.1, 0.15) is 0 Å². The SMILES string of the molecule is CN(CCCNC(=O)C1CCCN(C(=O)C(C)(C)C)C1)CC(F)(F)F. The Morgan fingerprint density at radius 3 is 2.44 bits per heavy atom. The molecule has 1 rings (SSSR count). The Morgan fingerprint density at radius 1 is 1.24 bits per heavy atom. The summed E-state index contributed by atoms with van der Waals surface area (Å²) in [5.74, 6) is -0.323. The van der Waals surface area contributed by atoms with E-state index < -0.39 is 18.1 Å². The van der Waals surface area contributed by atoms with Gasteiger partial charge in [-0.3, -0.25) is 14.5 Å². The number of carbonyl (C=O) groups excluding carboxylic acids is 2. The molecule has 1 heterocycles. The quantitative estimate of drug-likeness (QED) is 0.735. The van der Waals surface area contributed by atoms with Gasteiger partial charge in [0, 0.05) is 25.0 Å². The molecule has 1 unspecified atom stereocenters. The second-order valence-electron chi connectivity index (χ2n) is 7.84. The third-order valence-electron chi connectivity index (χ3n) is 4.19. The van der Waals surface area contributed by atoms with Gasteiger partial charge in [-0.05, 0) is 32.9 Å². The Morgan fingerprint density at radius 2 is 1.88 bits per heavy atom. The lowest BCUT2D eigenvalue weighted by molar-refractivity contribution is -0.144. The molecule has 1 atom stereocenters. The Hall–Kier alpha value is -1.31. The predicted molar refractivity (Wildman–Crippen MR) is 89.9 cm³/mol. The topological polar surface area (TPSA) is 52.7 Å². The van der Waals surface area contributed by atoms with Gasteiger partial charge < -0.3 is 10.2 Å². The normalized spacial score (nSPS) is 19.2. The molecular weight excluding hydrogens is 335 g/mol. The van der Waals surface area contributed by atoms with Crippen molar-refractivity contribution in [3.8, 4) is 0 Å². The first-order valence-corrected chi connectivity index (χ1v) is 8.72. The molecule has 0 spiro atoms. The largest absolute Gasteiger partial charge is 0.401 e. The Bertz CT molecular complexity index is 461. The summed E-state index contributed by atoms with van der Waals surface area (Å²) in [6.07, 6.45) is -2.24. The van der Waals surface area contributed by atoms with E-state index in [4.69, 9.17) is 0 Å². The first-order valence-electron chi connectivity index (χ1n) is 8.72. The zero-order valence-corrected chi connectivity index (χ0v) is 15.6. The third-order valence-corrected chi connectivity index (χ3v) is 4.19. The molecule has 1 aliphatic rings. The van der Waals surface area contributed by atoms with Gasteiger partial charge in [0.05, 0.1) is 12.5 Å². The molecule has 1 fully saturated rings. The van der Waals surface area contributed by atoms with E-state index >= 15 is 0 Å². The molecule has 0 aliphatic carbocycles. The van der Waals surface area contributed by atoms with Gasteiger partial charge in [-0.15, -0.1) is 0 Å². The molecule has 0 aromatic rings. The van der Waals surface area contributed by atoms with Crippen molar-refractivity contribution in [1.82, 2.24) is 15.1 Å². The first kappa shape index (κ1) is 21.7. The number of piperidine rings is 1. The summed E-state index contributed by atoms with van der Waals surface area (Å²) in [4.78, 5) is 27.5. The second-order valence-corrected chi connectivity index (χ2v) is 7.84. The highest BCUT2D eigenvalue weighted by Crippen LogP contribution is 2.23. The zero-order valence-electron chi connectivity index (χ0n) is 15.6. The molecule has 0 radical (unpaired) electrons. The molecular formula is C17H30F3N3O2. The van der Waals surface area contributed by atoms with E-state index in [1.165, 1.54) is 11.9 Å². The maximum absolute atomic E-state index is 12.3. The summed E-state index contributed by atoms with van der Waals surface area (Å²) in [5, 5.41) is 2.78. The Labute approximate surface area is 147 Å². The number of amides is 2. The van der Waals surface area contributed by atoms with Crippen molar-refractivity contribution in [2.75, 3.05) is 39.8 Å². The average molecular weight is 365 g/mol. The van der Waals surface area contributed by atoms with Crippen LogP contribution in [-0.4, -0.2) is 67.6 Å². The van der Waals surface area contributed by atoms with Crippen LogP contribution >= 0.6 is 0 Å². The molecule has 0 saturated carbocycles. The van der Waals surface area contributed by atoms with Crippen LogP contribution in [0.2, 0.25) is 0 Å². The van der Waals surface area contributed by atoms with Crippen molar-refractivity contribution in [3.63, 3.8) is 0 Å². The highest BCUT2D eigenvalue weighted by molar-refractivity contribution is 5.83. The number of hydrogen-bond acceptors (Lipinski definition) is 3. The summed E-state index contributed by atoms with van der Waals surface area (Å²) < 4.78 is 36.7. The minimum atomic E-state index is -4.21. The molecule has 1 N–H and O–H groups in total. The lowest BCUT2D eigenvalue weighted by Gasteiger charge is -2.35. The zero-order chi connectivity index (χ0) is 19.3. The monoisotopic (exact) mass is 365 g/mol. The van der Waals surface area contributed by atoms with Crippen LogP contribution in [0, 0.1) is 11.3 Å². The lowest BCUT2D eigenvalue weighted by Crippen LogP contribution is -2.48. The average Bonchev–Trinajstić information content (AvgIpc) is 2.48. The summed E-state index contributed by atoms with van der Waals surface area (Å²) in [6, 6.07) is 0. The fourth-order valence-electron chi connectivity index (χ4n) is 2.94. The number of carbonyl (C=O) groups is 2. The number of nitrogens with one attached hydrogen (secondary N) is 1. The maximum Gasteiger partial charge on any atom is 0.401 e. The van der Waals surface area contributed by atoms with E-state index in [0.717, 1.165) is 12.8 Å². The standard InChI is InChI=1S/C17H30F3N3O2/c1-16(2,3)15(25)23-10-5-7-13(11-23)14(24)21-8-6-9-22(4)12-17(18,19)20/h13H,5-12H2,1-4H3,(H,21,24). The number of alkyl halides is 3. The molecule has 25 heavy (non-hydrogen) atoms. The molecule has 0 aromatic carbocycles. The highest BCUT2D eigenvalue weighted by atomic mass is 19.4. The summed E-state index contributed by atoms with van der Waals surface area (Å²) in [7, 11) is 1.41. The van der Waals surface area contributed by atoms with Crippen LogP contribution in [0.1, 0.15) is 40.0 Å². The van der Waals surface area contributed by atoms with E-state index in [1.807, 2.05) is 20.8 Å². The molecule has 8 heteroatoms. The van der Waals surface area contributed by atoms with Crippen molar-refractivity contribution < 1.29 is 22.8 Å². The smallest absolute Gasteiger partial charge is 0.356 e. The summed E-state index contributed by atoms with van der Waals surface area (Å²) in [5.41, 5.74) is -0.471. The van der Waals surface area contributed by atoms with Crippen molar-refractivity contribution in [1.29, 1.82) is 0 Å². The van der Waals surface area contributed by atoms with Crippen LogP contribution < -0.4 is 5.32 Å². The van der Waals surface area contributed by atoms with Crippen LogP contribution in [0.25, 0.3) is 0 Å². The van der Waals surface area contributed by atoms with Crippen molar-refractivity contribution in [2.45, 2.75) is 46.2 Å². The van der Waals surface area contributed by atoms with Crippen molar-refractivity contribution >= 4 is 11.8 Å². The molecule has 1 aliphatic heterocycles. The summed E-state index contributed by atoms with van der Waals surface area (Å²) in [6.45, 7) is 6.30. The molecule has 0 bridgehead atoms. The van der Waals surface area contributed by atoms with Crippen LogP contribution in [-0.2, 0) is 9.59 Å². The molecule has 146 valence electrons. The van der Waals surface area contributed by atoms with Crippen molar-refractivity contribution in [3.05, 3.63) is 0 Å². The number of hydrogen-bond donors (Lipinski definition) is 1. The van der Waals surface area contributed by atoms with Crippen LogP contribution in [0.3, 0.4) is 0 Å².